The minimum atomic E-state index is -4.79. The molecule has 2 aliphatic rings. The Hall–Kier alpha value is -4.36. The van der Waals surface area contributed by atoms with Crippen molar-refractivity contribution in [3.63, 3.8) is 0 Å². The molecular weight excluding hydrogens is 599 g/mol. The molecule has 2 amide bonds. The van der Waals surface area contributed by atoms with Gasteiger partial charge in [0.25, 0.3) is 5.56 Å². The van der Waals surface area contributed by atoms with Crippen LogP contribution in [-0.4, -0.2) is 40.1 Å². The molecule has 0 aliphatic carbocycles. The molecule has 1 saturated heterocycles. The molecule has 3 heterocycles. The second-order valence-corrected chi connectivity index (χ2v) is 11.2. The Balaban J connectivity index is 1.54. The van der Waals surface area contributed by atoms with Crippen molar-refractivity contribution in [3.05, 3.63) is 87.7 Å². The highest BCUT2D eigenvalue weighted by Crippen LogP contribution is 2.34. The number of nitrogens with two attached hydrogens (primary N) is 2. The van der Waals surface area contributed by atoms with E-state index in [1.54, 1.807) is 12.1 Å². The number of alkyl halides is 3. The van der Waals surface area contributed by atoms with Crippen LogP contribution in [0, 0.1) is 0 Å². The van der Waals surface area contributed by atoms with Crippen LogP contribution in [0.1, 0.15) is 50.1 Å². The zero-order chi connectivity index (χ0) is 31.6. The summed E-state index contributed by atoms with van der Waals surface area (Å²) in [5.74, 6) is 5.60. The number of amides is 2. The third kappa shape index (κ3) is 6.58. The topological polar surface area (TPSA) is 140 Å². The number of benzene rings is 2. The predicted octanol–water partition coefficient (Wildman–Crippen LogP) is 4.38. The van der Waals surface area contributed by atoms with Crippen LogP contribution in [-0.2, 0) is 9.59 Å². The number of aromatic nitrogens is 2. The van der Waals surface area contributed by atoms with Gasteiger partial charge in [-0.15, -0.1) is 0 Å². The molecule has 10 nitrogen and oxygen atoms in total. The van der Waals surface area contributed by atoms with Crippen LogP contribution in [0.5, 0.6) is 0 Å². The van der Waals surface area contributed by atoms with Gasteiger partial charge in [-0.25, -0.2) is 10.8 Å². The van der Waals surface area contributed by atoms with E-state index < -0.39 is 29.5 Å². The Morgan fingerprint density at radius 1 is 1.05 bits per heavy atom. The largest absolute Gasteiger partial charge is 0.432 e. The summed E-state index contributed by atoms with van der Waals surface area (Å²) >= 11 is 6.19. The van der Waals surface area contributed by atoms with Crippen LogP contribution in [0.3, 0.4) is 0 Å². The second kappa shape index (κ2) is 12.7. The number of carbonyl (C=O) groups excluding carboxylic acids is 2. The number of anilines is 2. The van der Waals surface area contributed by atoms with E-state index in [4.69, 9.17) is 23.2 Å². The number of allylic oxidation sites excluding steroid dienone is 1. The molecule has 0 spiro atoms. The molecule has 1 aromatic heterocycles. The number of nitrogens with zero attached hydrogens (tertiary/aromatic N) is 4. The first-order valence-corrected chi connectivity index (χ1v) is 14.5. The average molecular weight is 630 g/mol. The summed E-state index contributed by atoms with van der Waals surface area (Å²) in [6, 6.07) is 11.8. The molecule has 5 N–H and O–H groups in total. The number of nitrogens with one attached hydrogen (secondary N) is 1. The minimum Gasteiger partial charge on any atom is -0.393 e. The van der Waals surface area contributed by atoms with Gasteiger partial charge >= 0.3 is 6.18 Å². The van der Waals surface area contributed by atoms with Crippen molar-refractivity contribution in [1.82, 2.24) is 14.9 Å². The molecule has 2 aromatic carbocycles. The molecule has 2 bridgehead atoms. The van der Waals surface area contributed by atoms with Crippen molar-refractivity contribution in [2.24, 2.45) is 11.6 Å². The van der Waals surface area contributed by atoms with Crippen LogP contribution in [0.4, 0.5) is 24.5 Å². The van der Waals surface area contributed by atoms with Gasteiger partial charge in [-0.2, -0.15) is 13.2 Å². The Morgan fingerprint density at radius 2 is 1.84 bits per heavy atom. The second-order valence-electron chi connectivity index (χ2n) is 10.7. The normalized spacial score (nSPS) is 19.8. The molecule has 0 saturated carbocycles. The van der Waals surface area contributed by atoms with Crippen LogP contribution in [0.2, 0.25) is 5.02 Å². The van der Waals surface area contributed by atoms with Gasteiger partial charge in [-0.1, -0.05) is 36.6 Å². The molecular formula is C30H31ClF3N7O3. The van der Waals surface area contributed by atoms with E-state index in [0.29, 0.717) is 36.3 Å². The minimum absolute atomic E-state index is 0.0917. The highest BCUT2D eigenvalue weighted by atomic mass is 35.5. The molecule has 2 aliphatic heterocycles. The van der Waals surface area contributed by atoms with Crippen LogP contribution in [0.25, 0.3) is 11.3 Å². The maximum atomic E-state index is 13.6. The Morgan fingerprint density at radius 3 is 2.59 bits per heavy atom. The van der Waals surface area contributed by atoms with Gasteiger partial charge < -0.3 is 11.1 Å². The van der Waals surface area contributed by atoms with Crippen molar-refractivity contribution in [2.75, 3.05) is 16.5 Å². The van der Waals surface area contributed by atoms with Gasteiger partial charge in [-0.05, 0) is 55.2 Å². The van der Waals surface area contributed by atoms with Crippen LogP contribution >= 0.6 is 11.6 Å². The zero-order valence-corrected chi connectivity index (χ0v) is 24.3. The smallest absolute Gasteiger partial charge is 0.393 e. The first-order valence-electron chi connectivity index (χ1n) is 14.1. The quantitative estimate of drug-likeness (QED) is 0.287. The van der Waals surface area contributed by atoms with E-state index in [9.17, 15) is 27.6 Å². The molecule has 5 rings (SSSR count). The Kier molecular flexibility index (Phi) is 8.97. The van der Waals surface area contributed by atoms with E-state index in [2.05, 4.69) is 10.3 Å². The lowest BCUT2D eigenvalue weighted by Gasteiger charge is -2.26. The number of fused-ring (bicyclic) bond motifs is 4. The molecule has 44 heavy (non-hydrogen) atoms. The fraction of sp³-hybridized carbons (Fsp3) is 0.333. The summed E-state index contributed by atoms with van der Waals surface area (Å²) in [5, 5.41) is 3.90. The van der Waals surface area contributed by atoms with Crippen molar-refractivity contribution in [1.29, 1.82) is 0 Å². The third-order valence-electron chi connectivity index (χ3n) is 7.79. The van der Waals surface area contributed by atoms with Gasteiger partial charge in [-0.3, -0.25) is 28.9 Å². The molecule has 14 heteroatoms. The average Bonchev–Trinajstić information content (AvgIpc) is 3.37. The van der Waals surface area contributed by atoms with Gasteiger partial charge in [0.2, 0.25) is 11.8 Å². The van der Waals surface area contributed by atoms with Crippen molar-refractivity contribution >= 4 is 34.8 Å². The van der Waals surface area contributed by atoms with Gasteiger partial charge in [0.1, 0.15) is 11.7 Å². The summed E-state index contributed by atoms with van der Waals surface area (Å²) in [4.78, 5) is 45.3. The number of hydrogen-bond acceptors (Lipinski definition) is 7. The number of carbonyl (C=O) groups is 2. The lowest BCUT2D eigenvalue weighted by atomic mass is 9.99. The molecule has 0 radical (unpaired) electrons. The zero-order valence-electron chi connectivity index (χ0n) is 23.6. The standard InChI is InChI=1S/C30H31ClF3N7O3/c31-19-8-9-24(40(36)16-26(35)30(32,33)34)21(14-19)22-15-28(43)39(17-38-22)23-7-2-1-3-12-37-29(44)25-10-11-27(42)41(25)20-6-4-5-18(23)13-20/h4-6,8-9,13-17,23,25H,1-3,7,10-12,35-36H2,(H,37,44)/b26-16-. The Bertz CT molecular complexity index is 1660. The van der Waals surface area contributed by atoms with E-state index in [-0.39, 0.29) is 40.2 Å². The van der Waals surface area contributed by atoms with E-state index in [1.165, 1.54) is 40.1 Å². The summed E-state index contributed by atoms with van der Waals surface area (Å²) in [6.45, 7) is 0.486. The fourth-order valence-electron chi connectivity index (χ4n) is 5.60. The maximum absolute atomic E-state index is 13.6. The van der Waals surface area contributed by atoms with E-state index in [1.807, 2.05) is 12.1 Å². The first-order chi connectivity index (χ1) is 20.9. The predicted molar refractivity (Wildman–Crippen MR) is 161 cm³/mol. The maximum Gasteiger partial charge on any atom is 0.432 e. The number of rotatable bonds is 4. The number of halogens is 4. The number of hydrogen-bond donors (Lipinski definition) is 3. The summed E-state index contributed by atoms with van der Waals surface area (Å²) in [7, 11) is 0. The lowest BCUT2D eigenvalue weighted by Crippen LogP contribution is -2.45. The molecule has 2 unspecified atom stereocenters. The van der Waals surface area contributed by atoms with Crippen molar-refractivity contribution < 1.29 is 22.8 Å². The number of hydrazine groups is 1. The molecule has 232 valence electrons. The SMILES string of the molecule is N/C(=C\N(N)c1ccc(Cl)cc1-c1cc(=O)n(C2CCCCCNC(=O)C3CCC(=O)N3c3cccc2c3)cn1)C(F)(F)F. The summed E-state index contributed by atoms with van der Waals surface area (Å²) < 4.78 is 40.6. The molecule has 3 aromatic rings. The van der Waals surface area contributed by atoms with Gasteiger partial charge in [0.15, 0.2) is 0 Å². The Labute approximate surface area is 256 Å². The third-order valence-corrected chi connectivity index (χ3v) is 8.03. The molecule has 2 atom stereocenters. The summed E-state index contributed by atoms with van der Waals surface area (Å²) in [6.07, 6.45) is 0.686. The van der Waals surface area contributed by atoms with Gasteiger partial charge in [0.05, 0.1) is 23.8 Å². The highest BCUT2D eigenvalue weighted by molar-refractivity contribution is 6.31. The lowest BCUT2D eigenvalue weighted by molar-refractivity contribution is -0.123. The molecule has 1 fully saturated rings. The van der Waals surface area contributed by atoms with Crippen LogP contribution < -0.4 is 32.4 Å². The first kappa shape index (κ1) is 31.1. The summed E-state index contributed by atoms with van der Waals surface area (Å²) in [5.41, 5.74) is 5.13. The monoisotopic (exact) mass is 629 g/mol. The van der Waals surface area contributed by atoms with Gasteiger partial charge in [0, 0.05) is 41.5 Å². The van der Waals surface area contributed by atoms with E-state index in [0.717, 1.165) is 24.8 Å². The van der Waals surface area contributed by atoms with Crippen molar-refractivity contribution in [2.45, 2.75) is 56.8 Å². The highest BCUT2D eigenvalue weighted by Gasteiger charge is 2.37. The van der Waals surface area contributed by atoms with E-state index >= 15 is 0 Å². The fourth-order valence-corrected chi connectivity index (χ4v) is 5.77. The van der Waals surface area contributed by atoms with Crippen molar-refractivity contribution in [3.8, 4) is 11.3 Å². The van der Waals surface area contributed by atoms with Crippen LogP contribution in [0.15, 0.2) is 71.5 Å².